The molecule has 2 aromatic heterocycles. The third-order valence-corrected chi connectivity index (χ3v) is 3.12. The molecule has 0 bridgehead atoms. The Morgan fingerprint density at radius 1 is 1.50 bits per heavy atom. The van der Waals surface area contributed by atoms with Crippen molar-refractivity contribution in [3.05, 3.63) is 34.1 Å². The molecule has 0 spiro atoms. The van der Waals surface area contributed by atoms with Crippen molar-refractivity contribution in [3.63, 3.8) is 0 Å². The first-order chi connectivity index (χ1) is 7.88. The molecule has 16 heavy (non-hydrogen) atoms. The Morgan fingerprint density at radius 2 is 2.44 bits per heavy atom. The Kier molecular flexibility index (Phi) is 4.07. The molecule has 4 nitrogen and oxygen atoms in total. The molecule has 2 rings (SSSR count). The monoisotopic (exact) mass is 237 g/mol. The number of hydrogen-bond acceptors (Lipinski definition) is 5. The van der Waals surface area contributed by atoms with Crippen LogP contribution in [0.25, 0.3) is 0 Å². The van der Waals surface area contributed by atoms with E-state index in [1.54, 1.807) is 11.3 Å². The highest BCUT2D eigenvalue weighted by atomic mass is 32.1. The molecule has 0 aliphatic heterocycles. The van der Waals surface area contributed by atoms with Gasteiger partial charge < -0.3 is 9.84 Å². The fourth-order valence-corrected chi connectivity index (χ4v) is 2.15. The SMILES string of the molecule is CNCCCc1nc(Cc2cccs2)no1. The van der Waals surface area contributed by atoms with Gasteiger partial charge in [-0.25, -0.2) is 0 Å². The second-order valence-electron chi connectivity index (χ2n) is 3.57. The number of nitrogens with zero attached hydrogens (tertiary/aromatic N) is 2. The van der Waals surface area contributed by atoms with E-state index in [1.807, 2.05) is 13.1 Å². The van der Waals surface area contributed by atoms with Gasteiger partial charge in [0.2, 0.25) is 5.89 Å². The van der Waals surface area contributed by atoms with Gasteiger partial charge in [-0.3, -0.25) is 0 Å². The van der Waals surface area contributed by atoms with Crippen LogP contribution in [0.2, 0.25) is 0 Å². The van der Waals surface area contributed by atoms with Crippen LogP contribution < -0.4 is 5.32 Å². The van der Waals surface area contributed by atoms with Gasteiger partial charge in [0.05, 0.1) is 0 Å². The summed E-state index contributed by atoms with van der Waals surface area (Å²) in [6.45, 7) is 0.975. The molecule has 2 heterocycles. The molecular formula is C11H15N3OS. The lowest BCUT2D eigenvalue weighted by atomic mass is 10.3. The highest BCUT2D eigenvalue weighted by molar-refractivity contribution is 7.09. The average Bonchev–Trinajstić information content (AvgIpc) is 2.91. The maximum Gasteiger partial charge on any atom is 0.226 e. The van der Waals surface area contributed by atoms with Crippen LogP contribution >= 0.6 is 11.3 Å². The summed E-state index contributed by atoms with van der Waals surface area (Å²) < 4.78 is 5.18. The lowest BCUT2D eigenvalue weighted by Gasteiger charge is -1.93. The molecule has 2 aromatic rings. The fourth-order valence-electron chi connectivity index (χ4n) is 1.45. The number of rotatable bonds is 6. The minimum Gasteiger partial charge on any atom is -0.339 e. The molecule has 0 atom stereocenters. The van der Waals surface area contributed by atoms with E-state index in [0.717, 1.165) is 37.5 Å². The largest absolute Gasteiger partial charge is 0.339 e. The molecule has 0 aliphatic carbocycles. The molecule has 0 amide bonds. The van der Waals surface area contributed by atoms with Crippen LogP contribution in [0.4, 0.5) is 0 Å². The Balaban J connectivity index is 1.87. The summed E-state index contributed by atoms with van der Waals surface area (Å²) >= 11 is 1.72. The van der Waals surface area contributed by atoms with Crippen molar-refractivity contribution in [3.8, 4) is 0 Å². The number of aromatic nitrogens is 2. The molecule has 86 valence electrons. The van der Waals surface area contributed by atoms with Gasteiger partial charge in [0.25, 0.3) is 0 Å². The van der Waals surface area contributed by atoms with E-state index >= 15 is 0 Å². The Labute approximate surface area is 98.7 Å². The van der Waals surface area contributed by atoms with Gasteiger partial charge in [-0.05, 0) is 31.5 Å². The Morgan fingerprint density at radius 3 is 3.19 bits per heavy atom. The number of hydrogen-bond donors (Lipinski definition) is 1. The highest BCUT2D eigenvalue weighted by Gasteiger charge is 2.06. The fraction of sp³-hybridized carbons (Fsp3) is 0.455. The minimum atomic E-state index is 0.738. The Hall–Kier alpha value is -1.20. The number of nitrogens with one attached hydrogen (secondary N) is 1. The van der Waals surface area contributed by atoms with Crippen molar-refractivity contribution in [2.24, 2.45) is 0 Å². The van der Waals surface area contributed by atoms with E-state index in [4.69, 9.17) is 4.52 Å². The molecule has 0 saturated carbocycles. The maximum atomic E-state index is 5.18. The van der Waals surface area contributed by atoms with Crippen molar-refractivity contribution in [2.45, 2.75) is 19.3 Å². The molecule has 0 fully saturated rings. The van der Waals surface area contributed by atoms with Crippen LogP contribution in [0.15, 0.2) is 22.0 Å². The first-order valence-corrected chi connectivity index (χ1v) is 6.25. The summed E-state index contributed by atoms with van der Waals surface area (Å²) in [4.78, 5) is 5.62. The van der Waals surface area contributed by atoms with Crippen LogP contribution in [-0.4, -0.2) is 23.7 Å². The molecule has 5 heteroatoms. The minimum absolute atomic E-state index is 0.738. The van der Waals surface area contributed by atoms with Gasteiger partial charge >= 0.3 is 0 Å². The van der Waals surface area contributed by atoms with Crippen molar-refractivity contribution in [1.82, 2.24) is 15.5 Å². The van der Waals surface area contributed by atoms with Gasteiger partial charge in [0.1, 0.15) is 0 Å². The summed E-state index contributed by atoms with van der Waals surface area (Å²) in [6, 6.07) is 4.12. The molecule has 0 radical (unpaired) electrons. The molecular weight excluding hydrogens is 222 g/mol. The van der Waals surface area contributed by atoms with Crippen LogP contribution in [0.1, 0.15) is 23.0 Å². The zero-order valence-corrected chi connectivity index (χ0v) is 10.1. The van der Waals surface area contributed by atoms with Gasteiger partial charge in [-0.1, -0.05) is 11.2 Å². The maximum absolute atomic E-state index is 5.18. The lowest BCUT2D eigenvalue weighted by molar-refractivity contribution is 0.370. The van der Waals surface area contributed by atoms with E-state index in [1.165, 1.54) is 4.88 Å². The second-order valence-corrected chi connectivity index (χ2v) is 4.60. The smallest absolute Gasteiger partial charge is 0.226 e. The summed E-state index contributed by atoms with van der Waals surface area (Å²) in [7, 11) is 1.94. The van der Waals surface area contributed by atoms with E-state index in [-0.39, 0.29) is 0 Å². The standard InChI is InChI=1S/C11H15N3OS/c1-12-6-2-5-11-13-10(14-15-11)8-9-4-3-7-16-9/h3-4,7,12H,2,5-6,8H2,1H3. The quantitative estimate of drug-likeness (QED) is 0.779. The summed E-state index contributed by atoms with van der Waals surface area (Å²) in [5.41, 5.74) is 0. The van der Waals surface area contributed by atoms with E-state index in [2.05, 4.69) is 26.9 Å². The van der Waals surface area contributed by atoms with Gasteiger partial charge in [-0.2, -0.15) is 4.98 Å². The molecule has 1 N–H and O–H groups in total. The van der Waals surface area contributed by atoms with E-state index in [9.17, 15) is 0 Å². The summed E-state index contributed by atoms with van der Waals surface area (Å²) in [5.74, 6) is 1.52. The molecule has 0 unspecified atom stereocenters. The first kappa shape index (κ1) is 11.3. The summed E-state index contributed by atoms with van der Waals surface area (Å²) in [5, 5.41) is 9.12. The lowest BCUT2D eigenvalue weighted by Crippen LogP contribution is -2.08. The third-order valence-electron chi connectivity index (χ3n) is 2.24. The average molecular weight is 237 g/mol. The van der Waals surface area contributed by atoms with Gasteiger partial charge in [0, 0.05) is 17.7 Å². The summed E-state index contributed by atoms with van der Waals surface area (Å²) in [6.07, 6.45) is 2.64. The van der Waals surface area contributed by atoms with Crippen LogP contribution in [0, 0.1) is 0 Å². The zero-order valence-electron chi connectivity index (χ0n) is 9.27. The topological polar surface area (TPSA) is 51.0 Å². The Bertz CT molecular complexity index is 411. The van der Waals surface area contributed by atoms with E-state index in [0.29, 0.717) is 0 Å². The van der Waals surface area contributed by atoms with Crippen molar-refractivity contribution < 1.29 is 4.52 Å². The normalized spacial score (nSPS) is 10.8. The highest BCUT2D eigenvalue weighted by Crippen LogP contribution is 2.13. The van der Waals surface area contributed by atoms with Crippen molar-refractivity contribution in [1.29, 1.82) is 0 Å². The second kappa shape index (κ2) is 5.77. The molecule has 0 aliphatic rings. The number of aryl methyl sites for hydroxylation is 1. The number of thiophene rings is 1. The predicted molar refractivity (Wildman–Crippen MR) is 63.7 cm³/mol. The van der Waals surface area contributed by atoms with Crippen LogP contribution in [0.5, 0.6) is 0 Å². The third kappa shape index (κ3) is 3.15. The van der Waals surface area contributed by atoms with Crippen LogP contribution in [0.3, 0.4) is 0 Å². The van der Waals surface area contributed by atoms with Crippen molar-refractivity contribution in [2.75, 3.05) is 13.6 Å². The van der Waals surface area contributed by atoms with Gasteiger partial charge in [-0.15, -0.1) is 11.3 Å². The molecule has 0 aromatic carbocycles. The molecule has 0 saturated heterocycles. The van der Waals surface area contributed by atoms with E-state index < -0.39 is 0 Å². The zero-order chi connectivity index (χ0) is 11.2. The van der Waals surface area contributed by atoms with Crippen LogP contribution in [-0.2, 0) is 12.8 Å². The van der Waals surface area contributed by atoms with Gasteiger partial charge in [0.15, 0.2) is 5.82 Å². The first-order valence-electron chi connectivity index (χ1n) is 5.37. The van der Waals surface area contributed by atoms with Crippen molar-refractivity contribution >= 4 is 11.3 Å². The predicted octanol–water partition coefficient (Wildman–Crippen LogP) is 1.87.